The van der Waals surface area contributed by atoms with Gasteiger partial charge in [-0.05, 0) is 50.3 Å². The molecule has 12 nitrogen and oxygen atoms in total. The Balaban J connectivity index is 1.23. The van der Waals surface area contributed by atoms with Gasteiger partial charge in [0, 0.05) is 36.9 Å². The molecule has 4 amide bonds. The summed E-state index contributed by atoms with van der Waals surface area (Å²) in [5.74, 6) is -1.28. The third kappa shape index (κ3) is 8.12. The molecule has 3 aromatic rings. The fourth-order valence-corrected chi connectivity index (χ4v) is 8.00. The van der Waals surface area contributed by atoms with Crippen molar-refractivity contribution in [2.75, 3.05) is 32.7 Å². The molecule has 0 spiro atoms. The van der Waals surface area contributed by atoms with Crippen molar-refractivity contribution in [3.63, 3.8) is 0 Å². The zero-order valence-electron chi connectivity index (χ0n) is 27.7. The summed E-state index contributed by atoms with van der Waals surface area (Å²) in [5.41, 5.74) is 1.22. The number of nitrogens with one attached hydrogen (secondary N) is 3. The lowest BCUT2D eigenvalue weighted by atomic mass is 9.94. The molecule has 2 fully saturated rings. The van der Waals surface area contributed by atoms with E-state index in [1.165, 1.54) is 43.3 Å². The average molecular weight is 676 g/mol. The van der Waals surface area contributed by atoms with Crippen molar-refractivity contribution in [2.24, 2.45) is 11.8 Å². The van der Waals surface area contributed by atoms with E-state index in [0.717, 1.165) is 31.5 Å². The molecule has 13 heteroatoms. The predicted molar refractivity (Wildman–Crippen MR) is 180 cm³/mol. The fraction of sp³-hybridized carbons (Fsp3) is 0.543. The van der Waals surface area contributed by atoms with Crippen LogP contribution in [0.1, 0.15) is 102 Å². The molecule has 6 rings (SSSR count). The molecule has 0 unspecified atom stereocenters. The van der Waals surface area contributed by atoms with Crippen molar-refractivity contribution in [1.82, 2.24) is 35.7 Å². The van der Waals surface area contributed by atoms with E-state index < -0.39 is 23.9 Å². The number of hydrogen-bond donors (Lipinski definition) is 3. The lowest BCUT2D eigenvalue weighted by Crippen LogP contribution is -2.50. The Bertz CT molecular complexity index is 1580. The molecule has 2 atom stereocenters. The third-order valence-corrected chi connectivity index (χ3v) is 10.6. The van der Waals surface area contributed by atoms with E-state index in [0.29, 0.717) is 17.5 Å². The Hall–Kier alpha value is -4.10. The molecule has 2 aromatic heterocycles. The highest BCUT2D eigenvalue weighted by atomic mass is 32.1. The van der Waals surface area contributed by atoms with Crippen LogP contribution in [0.25, 0.3) is 0 Å². The van der Waals surface area contributed by atoms with Gasteiger partial charge in [0.15, 0.2) is 5.69 Å². The van der Waals surface area contributed by atoms with Gasteiger partial charge in [-0.1, -0.05) is 57.0 Å². The van der Waals surface area contributed by atoms with Gasteiger partial charge in [0.05, 0.1) is 12.6 Å². The standard InChI is InChI=1S/C35H45N7O5S/c1-22(2)30-34-39-28(21-48-34)32(45)37-26(18-23-8-4-3-5-9-23)33-38-27(20-47-33)31(44)36-14-17-42(19-29(43)40-30)35(46)24-12-15-41(16-13-24)25-10-6-7-11-25/h3-5,8-9,20-22,24-26,30H,6-7,10-19H2,1-2H3,(H,36,44)(H,37,45)(H,40,43)/t26-,30-/m0/s1. The van der Waals surface area contributed by atoms with Gasteiger partial charge >= 0.3 is 0 Å². The van der Waals surface area contributed by atoms with Gasteiger partial charge in [0.1, 0.15) is 23.0 Å². The molecule has 3 N–H and O–H groups in total. The van der Waals surface area contributed by atoms with E-state index in [4.69, 9.17) is 4.42 Å². The quantitative estimate of drug-likeness (QED) is 0.369. The van der Waals surface area contributed by atoms with Crippen LogP contribution >= 0.6 is 11.3 Å². The van der Waals surface area contributed by atoms with Gasteiger partial charge in [-0.15, -0.1) is 11.3 Å². The monoisotopic (exact) mass is 675 g/mol. The maximum Gasteiger partial charge on any atom is 0.273 e. The lowest BCUT2D eigenvalue weighted by Gasteiger charge is -2.37. The van der Waals surface area contributed by atoms with E-state index in [9.17, 15) is 19.2 Å². The molecule has 1 saturated heterocycles. The number of thiazole rings is 1. The van der Waals surface area contributed by atoms with Gasteiger partial charge < -0.3 is 30.2 Å². The number of aromatic nitrogens is 2. The molecule has 0 radical (unpaired) electrons. The average Bonchev–Trinajstić information content (AvgIpc) is 3.89. The summed E-state index contributed by atoms with van der Waals surface area (Å²) >= 11 is 1.30. The van der Waals surface area contributed by atoms with Crippen LogP contribution in [0, 0.1) is 11.8 Å². The molecule has 2 aliphatic heterocycles. The maximum atomic E-state index is 13.9. The zero-order chi connectivity index (χ0) is 33.6. The van der Waals surface area contributed by atoms with Crippen molar-refractivity contribution in [2.45, 2.75) is 76.9 Å². The summed E-state index contributed by atoms with van der Waals surface area (Å²) in [6, 6.07) is 9.11. The molecule has 1 aromatic carbocycles. The van der Waals surface area contributed by atoms with Crippen molar-refractivity contribution < 1.29 is 23.6 Å². The fourth-order valence-electron chi connectivity index (χ4n) is 6.98. The van der Waals surface area contributed by atoms with E-state index in [1.807, 2.05) is 44.2 Å². The van der Waals surface area contributed by atoms with E-state index in [2.05, 4.69) is 30.8 Å². The highest BCUT2D eigenvalue weighted by Gasteiger charge is 2.34. The largest absolute Gasteiger partial charge is 0.446 e. The minimum absolute atomic E-state index is 0.0264. The number of amides is 4. The Labute approximate surface area is 285 Å². The third-order valence-electron chi connectivity index (χ3n) is 9.68. The first-order chi connectivity index (χ1) is 23.2. The van der Waals surface area contributed by atoms with Crippen molar-refractivity contribution in [1.29, 1.82) is 0 Å². The van der Waals surface area contributed by atoms with Crippen LogP contribution in [-0.2, 0) is 16.0 Å². The molecular formula is C35H45N7O5S. The first kappa shape index (κ1) is 33.8. The van der Waals surface area contributed by atoms with Crippen molar-refractivity contribution in [3.8, 4) is 0 Å². The van der Waals surface area contributed by atoms with E-state index in [-0.39, 0.29) is 60.6 Å². The number of carbonyl (C=O) groups excluding carboxylic acids is 4. The Kier molecular flexibility index (Phi) is 10.9. The molecule has 4 bridgehead atoms. The van der Waals surface area contributed by atoms with Crippen LogP contribution in [0.15, 0.2) is 46.4 Å². The highest BCUT2D eigenvalue weighted by molar-refractivity contribution is 7.09. The molecule has 4 heterocycles. The number of piperidine rings is 1. The number of hydrogen-bond acceptors (Lipinski definition) is 9. The normalized spacial score (nSPS) is 22.6. The molecule has 48 heavy (non-hydrogen) atoms. The predicted octanol–water partition coefficient (Wildman–Crippen LogP) is 3.88. The molecule has 256 valence electrons. The van der Waals surface area contributed by atoms with Crippen LogP contribution in [0.4, 0.5) is 0 Å². The highest BCUT2D eigenvalue weighted by Crippen LogP contribution is 2.29. The number of nitrogens with zero attached hydrogens (tertiary/aromatic N) is 4. The first-order valence-corrected chi connectivity index (χ1v) is 18.0. The Morgan fingerprint density at radius 2 is 1.71 bits per heavy atom. The van der Waals surface area contributed by atoms with Crippen LogP contribution in [0.2, 0.25) is 0 Å². The molecule has 1 saturated carbocycles. The topological polar surface area (TPSA) is 150 Å². The smallest absolute Gasteiger partial charge is 0.273 e. The van der Waals surface area contributed by atoms with Crippen molar-refractivity contribution in [3.05, 3.63) is 69.8 Å². The summed E-state index contributed by atoms with van der Waals surface area (Å²) in [6.45, 7) is 5.88. The number of oxazole rings is 1. The van der Waals surface area contributed by atoms with E-state index in [1.54, 1.807) is 10.3 Å². The molecular weight excluding hydrogens is 630 g/mol. The number of rotatable bonds is 5. The minimum atomic E-state index is -0.667. The van der Waals surface area contributed by atoms with Gasteiger partial charge in [-0.3, -0.25) is 19.2 Å². The van der Waals surface area contributed by atoms with E-state index >= 15 is 0 Å². The van der Waals surface area contributed by atoms with Crippen LogP contribution in [0.3, 0.4) is 0 Å². The minimum Gasteiger partial charge on any atom is -0.446 e. The zero-order valence-corrected chi connectivity index (χ0v) is 28.5. The van der Waals surface area contributed by atoms with Gasteiger partial charge in [0.2, 0.25) is 17.7 Å². The summed E-state index contributed by atoms with van der Waals surface area (Å²) in [6.07, 6.45) is 8.16. The van der Waals surface area contributed by atoms with Gasteiger partial charge in [0.25, 0.3) is 11.8 Å². The number of likely N-dealkylation sites (tertiary alicyclic amines) is 1. The summed E-state index contributed by atoms with van der Waals surface area (Å²) in [7, 11) is 0. The number of carbonyl (C=O) groups is 4. The van der Waals surface area contributed by atoms with Gasteiger partial charge in [-0.25, -0.2) is 9.97 Å². The summed E-state index contributed by atoms with van der Waals surface area (Å²) in [5, 5.41) is 11.2. The molecule has 3 aliphatic rings. The Morgan fingerprint density at radius 1 is 0.958 bits per heavy atom. The first-order valence-electron chi connectivity index (χ1n) is 17.1. The van der Waals surface area contributed by atoms with Gasteiger partial charge in [-0.2, -0.15) is 0 Å². The number of benzene rings is 1. The lowest BCUT2D eigenvalue weighted by molar-refractivity contribution is -0.141. The van der Waals surface area contributed by atoms with Crippen molar-refractivity contribution >= 4 is 35.0 Å². The number of fused-ring (bicyclic) bond motifs is 4. The van der Waals surface area contributed by atoms with Crippen LogP contribution in [-0.4, -0.2) is 82.2 Å². The SMILES string of the molecule is CC(C)[C@@H]1NC(=O)CN(C(=O)C2CCN(C3CCCC3)CC2)CCNC(=O)c2coc(n2)[C@H](Cc2ccccc2)NC(=O)c2csc1n2. The second-order valence-electron chi connectivity index (χ2n) is 13.4. The summed E-state index contributed by atoms with van der Waals surface area (Å²) < 4.78 is 5.74. The molecule has 1 aliphatic carbocycles. The summed E-state index contributed by atoms with van der Waals surface area (Å²) in [4.78, 5) is 67.2. The Morgan fingerprint density at radius 3 is 2.44 bits per heavy atom. The van der Waals surface area contributed by atoms with Crippen LogP contribution in [0.5, 0.6) is 0 Å². The maximum absolute atomic E-state index is 13.9. The van der Waals surface area contributed by atoms with Crippen LogP contribution < -0.4 is 16.0 Å². The second kappa shape index (κ2) is 15.4. The second-order valence-corrected chi connectivity index (χ2v) is 14.3.